The Morgan fingerprint density at radius 2 is 2.11 bits per heavy atom. The molecule has 0 saturated carbocycles. The zero-order valence-electron chi connectivity index (χ0n) is 14.6. The van der Waals surface area contributed by atoms with E-state index in [1.54, 1.807) is 38.3 Å². The number of rotatable bonds is 4. The molecule has 4 aromatic rings. The van der Waals surface area contributed by atoms with Crippen molar-refractivity contribution in [3.8, 4) is 16.2 Å². The zero-order chi connectivity index (χ0) is 19.0. The molecule has 0 aliphatic heterocycles. The molecular weight excluding hydrogens is 366 g/mol. The van der Waals surface area contributed by atoms with Crippen LogP contribution in [0.2, 0.25) is 0 Å². The molecule has 136 valence electrons. The van der Waals surface area contributed by atoms with E-state index in [2.05, 4.69) is 4.98 Å². The molecule has 7 heteroatoms. The molecule has 1 aromatic carbocycles. The average molecular weight is 381 g/mol. The largest absolute Gasteiger partial charge is 0.497 e. The van der Waals surface area contributed by atoms with Crippen molar-refractivity contribution in [2.24, 2.45) is 0 Å². The second-order valence-electron chi connectivity index (χ2n) is 5.73. The monoisotopic (exact) mass is 381 g/mol. The maximum absolute atomic E-state index is 12.7. The van der Waals surface area contributed by atoms with Gasteiger partial charge in [-0.1, -0.05) is 6.07 Å². The molecule has 0 aliphatic carbocycles. The molecule has 3 heterocycles. The Morgan fingerprint density at radius 1 is 1.26 bits per heavy atom. The van der Waals surface area contributed by atoms with E-state index in [4.69, 9.17) is 13.9 Å². The summed E-state index contributed by atoms with van der Waals surface area (Å²) in [6.45, 7) is 1.96. The molecule has 0 bridgehead atoms. The number of carbonyl (C=O) groups excluding carboxylic acids is 1. The minimum Gasteiger partial charge on any atom is -0.497 e. The Balaban J connectivity index is 2.15. The third-order valence-corrected chi connectivity index (χ3v) is 5.04. The lowest BCUT2D eigenvalue weighted by Crippen LogP contribution is -2.10. The highest BCUT2D eigenvalue weighted by Crippen LogP contribution is 2.34. The van der Waals surface area contributed by atoms with Gasteiger partial charge in [-0.3, -0.25) is 0 Å². The van der Waals surface area contributed by atoms with Crippen molar-refractivity contribution < 1.29 is 18.7 Å². The van der Waals surface area contributed by atoms with Crippen molar-refractivity contribution in [3.05, 3.63) is 57.9 Å². The Morgan fingerprint density at radius 3 is 2.81 bits per heavy atom. The average Bonchev–Trinajstić information content (AvgIpc) is 3.22. The lowest BCUT2D eigenvalue weighted by atomic mass is 10.0. The molecule has 0 fully saturated rings. The summed E-state index contributed by atoms with van der Waals surface area (Å²) < 4.78 is 15.9. The van der Waals surface area contributed by atoms with E-state index in [0.29, 0.717) is 33.2 Å². The Bertz CT molecular complexity index is 1210. The number of pyridine rings is 1. The summed E-state index contributed by atoms with van der Waals surface area (Å²) in [6, 6.07) is 10.4. The SMILES string of the molecule is CCOC(=O)c1cc(-c2cccs2)c2c(=O)oc3ccc(OC)cc3c2n1. The minimum atomic E-state index is -0.540. The molecular formula is C20H15NO5S. The smallest absolute Gasteiger partial charge is 0.356 e. The van der Waals surface area contributed by atoms with Gasteiger partial charge in [0.25, 0.3) is 0 Å². The maximum atomic E-state index is 12.7. The summed E-state index contributed by atoms with van der Waals surface area (Å²) in [5, 5.41) is 2.82. The van der Waals surface area contributed by atoms with Gasteiger partial charge in [0.1, 0.15) is 17.0 Å². The summed E-state index contributed by atoms with van der Waals surface area (Å²) in [6.07, 6.45) is 0. The third-order valence-electron chi connectivity index (χ3n) is 4.14. The second-order valence-corrected chi connectivity index (χ2v) is 6.68. The van der Waals surface area contributed by atoms with Crippen molar-refractivity contribution in [1.82, 2.24) is 4.98 Å². The molecule has 0 spiro atoms. The Labute approximate surface area is 158 Å². The van der Waals surface area contributed by atoms with Gasteiger partial charge < -0.3 is 13.9 Å². The normalized spacial score (nSPS) is 11.0. The van der Waals surface area contributed by atoms with Gasteiger partial charge in [0.15, 0.2) is 0 Å². The Hall–Kier alpha value is -3.19. The molecule has 0 atom stereocenters. The summed E-state index contributed by atoms with van der Waals surface area (Å²) in [4.78, 5) is 30.3. The van der Waals surface area contributed by atoms with Crippen LogP contribution in [-0.2, 0) is 4.74 Å². The first-order chi connectivity index (χ1) is 13.1. The summed E-state index contributed by atoms with van der Waals surface area (Å²) >= 11 is 1.46. The molecule has 0 aliphatic rings. The molecule has 0 N–H and O–H groups in total. The van der Waals surface area contributed by atoms with Crippen LogP contribution < -0.4 is 10.4 Å². The number of hydrogen-bond donors (Lipinski definition) is 0. The molecule has 3 aromatic heterocycles. The third kappa shape index (κ3) is 2.96. The molecule has 4 rings (SSSR count). The fourth-order valence-electron chi connectivity index (χ4n) is 2.94. The number of thiophene rings is 1. The van der Waals surface area contributed by atoms with Crippen LogP contribution in [0.4, 0.5) is 0 Å². The fraction of sp³-hybridized carbons (Fsp3) is 0.150. The summed E-state index contributed by atoms with van der Waals surface area (Å²) in [5.41, 5.74) is 0.987. The number of benzene rings is 1. The van der Waals surface area contributed by atoms with E-state index in [0.717, 1.165) is 4.88 Å². The van der Waals surface area contributed by atoms with Crippen LogP contribution in [0.5, 0.6) is 5.75 Å². The van der Waals surface area contributed by atoms with Crippen LogP contribution in [0.1, 0.15) is 17.4 Å². The number of ether oxygens (including phenoxy) is 2. The molecule has 27 heavy (non-hydrogen) atoms. The number of esters is 1. The molecule has 0 radical (unpaired) electrons. The lowest BCUT2D eigenvalue weighted by Gasteiger charge is -2.10. The van der Waals surface area contributed by atoms with Gasteiger partial charge in [-0.2, -0.15) is 0 Å². The first kappa shape index (κ1) is 17.2. The molecule has 0 unspecified atom stereocenters. The lowest BCUT2D eigenvalue weighted by molar-refractivity contribution is 0.0520. The van der Waals surface area contributed by atoms with Crippen molar-refractivity contribution in [1.29, 1.82) is 0 Å². The maximum Gasteiger partial charge on any atom is 0.356 e. The molecule has 0 saturated heterocycles. The van der Waals surface area contributed by atoms with E-state index >= 15 is 0 Å². The van der Waals surface area contributed by atoms with E-state index in [1.165, 1.54) is 11.3 Å². The van der Waals surface area contributed by atoms with Crippen LogP contribution in [0.3, 0.4) is 0 Å². The number of methoxy groups -OCH3 is 1. The van der Waals surface area contributed by atoms with E-state index in [1.807, 2.05) is 17.5 Å². The second kappa shape index (κ2) is 6.85. The van der Waals surface area contributed by atoms with Crippen molar-refractivity contribution >= 4 is 39.2 Å². The van der Waals surface area contributed by atoms with Crippen LogP contribution in [0.15, 0.2) is 51.0 Å². The van der Waals surface area contributed by atoms with Crippen LogP contribution >= 0.6 is 11.3 Å². The molecule has 0 amide bonds. The van der Waals surface area contributed by atoms with E-state index < -0.39 is 11.6 Å². The predicted octanol–water partition coefficient (Wildman–Crippen LogP) is 4.26. The fourth-order valence-corrected chi connectivity index (χ4v) is 3.69. The van der Waals surface area contributed by atoms with Gasteiger partial charge >= 0.3 is 11.6 Å². The van der Waals surface area contributed by atoms with Crippen molar-refractivity contribution in [2.45, 2.75) is 6.92 Å². The highest BCUT2D eigenvalue weighted by atomic mass is 32.1. The number of fused-ring (bicyclic) bond motifs is 3. The van der Waals surface area contributed by atoms with E-state index in [9.17, 15) is 9.59 Å². The van der Waals surface area contributed by atoms with Gasteiger partial charge in [0, 0.05) is 15.8 Å². The van der Waals surface area contributed by atoms with Gasteiger partial charge in [0.2, 0.25) is 0 Å². The van der Waals surface area contributed by atoms with Gasteiger partial charge in [-0.25, -0.2) is 14.6 Å². The van der Waals surface area contributed by atoms with Gasteiger partial charge in [0.05, 0.1) is 24.6 Å². The number of nitrogens with zero attached hydrogens (tertiary/aromatic N) is 1. The van der Waals surface area contributed by atoms with Crippen molar-refractivity contribution in [3.63, 3.8) is 0 Å². The number of aromatic nitrogens is 1. The first-order valence-electron chi connectivity index (χ1n) is 8.29. The topological polar surface area (TPSA) is 78.6 Å². The number of carbonyl (C=O) groups is 1. The van der Waals surface area contributed by atoms with Crippen LogP contribution in [0.25, 0.3) is 32.3 Å². The minimum absolute atomic E-state index is 0.141. The summed E-state index contributed by atoms with van der Waals surface area (Å²) in [5.74, 6) is 0.0557. The first-order valence-corrected chi connectivity index (χ1v) is 9.17. The number of hydrogen-bond acceptors (Lipinski definition) is 7. The standard InChI is InChI=1S/C20H15NO5S/c1-3-25-19(22)14-10-13(16-5-4-8-27-16)17-18(21-14)12-9-11(24-2)6-7-15(12)26-20(17)23/h4-10H,3H2,1-2H3. The zero-order valence-corrected chi connectivity index (χ0v) is 15.5. The van der Waals surface area contributed by atoms with Crippen LogP contribution in [0, 0.1) is 0 Å². The highest BCUT2D eigenvalue weighted by molar-refractivity contribution is 7.13. The quantitative estimate of drug-likeness (QED) is 0.299. The Kier molecular flexibility index (Phi) is 4.37. The highest BCUT2D eigenvalue weighted by Gasteiger charge is 2.20. The van der Waals surface area contributed by atoms with Gasteiger partial charge in [-0.05, 0) is 42.6 Å². The van der Waals surface area contributed by atoms with Gasteiger partial charge in [-0.15, -0.1) is 11.3 Å². The summed E-state index contributed by atoms with van der Waals surface area (Å²) in [7, 11) is 1.55. The van der Waals surface area contributed by atoms with Crippen LogP contribution in [-0.4, -0.2) is 24.7 Å². The van der Waals surface area contributed by atoms with E-state index in [-0.39, 0.29) is 12.3 Å². The van der Waals surface area contributed by atoms with Crippen molar-refractivity contribution in [2.75, 3.05) is 13.7 Å². The predicted molar refractivity (Wildman–Crippen MR) is 104 cm³/mol. The molecule has 6 nitrogen and oxygen atoms in total.